The van der Waals surface area contributed by atoms with Crippen LogP contribution in [0.25, 0.3) is 11.1 Å². The number of nitrogens with one attached hydrogen (secondary N) is 1. The molecule has 0 atom stereocenters. The maximum absolute atomic E-state index is 13.4. The molecule has 0 saturated carbocycles. The molecule has 0 aliphatic carbocycles. The highest BCUT2D eigenvalue weighted by Crippen LogP contribution is 2.25. The molecule has 27 heavy (non-hydrogen) atoms. The van der Waals surface area contributed by atoms with Crippen molar-refractivity contribution in [1.82, 2.24) is 15.1 Å². The lowest BCUT2D eigenvalue weighted by molar-refractivity contribution is 0.414. The third kappa shape index (κ3) is 4.37. The van der Waals surface area contributed by atoms with Crippen molar-refractivity contribution < 1.29 is 4.39 Å². The molecule has 0 spiro atoms. The molecular formula is C22H25FN4. The van der Waals surface area contributed by atoms with Gasteiger partial charge in [0.05, 0.1) is 6.20 Å². The van der Waals surface area contributed by atoms with Gasteiger partial charge in [-0.15, -0.1) is 0 Å². The molecule has 1 saturated heterocycles. The first-order valence-electron chi connectivity index (χ1n) is 9.49. The number of hydrogen-bond donors (Lipinski definition) is 1. The van der Waals surface area contributed by atoms with E-state index in [1.807, 2.05) is 24.0 Å². The molecule has 1 N–H and O–H groups in total. The van der Waals surface area contributed by atoms with Gasteiger partial charge in [-0.25, -0.2) is 4.39 Å². The van der Waals surface area contributed by atoms with Crippen LogP contribution >= 0.6 is 0 Å². The minimum atomic E-state index is -0.197. The van der Waals surface area contributed by atoms with Gasteiger partial charge in [0.1, 0.15) is 5.82 Å². The van der Waals surface area contributed by atoms with E-state index in [9.17, 15) is 4.39 Å². The van der Waals surface area contributed by atoms with Gasteiger partial charge in [-0.1, -0.05) is 24.3 Å². The Bertz CT molecular complexity index is 879. The molecule has 0 radical (unpaired) electrons. The van der Waals surface area contributed by atoms with Gasteiger partial charge in [0.2, 0.25) is 0 Å². The quantitative estimate of drug-likeness (QED) is 0.743. The summed E-state index contributed by atoms with van der Waals surface area (Å²) in [6, 6.07) is 15.7. The summed E-state index contributed by atoms with van der Waals surface area (Å²) in [7, 11) is 1.95. The van der Waals surface area contributed by atoms with E-state index in [0.29, 0.717) is 6.04 Å². The van der Waals surface area contributed by atoms with Gasteiger partial charge in [0.25, 0.3) is 0 Å². The number of piperidine rings is 1. The second-order valence-corrected chi connectivity index (χ2v) is 7.22. The van der Waals surface area contributed by atoms with Gasteiger partial charge in [-0.2, -0.15) is 5.10 Å². The summed E-state index contributed by atoms with van der Waals surface area (Å²) >= 11 is 0. The summed E-state index contributed by atoms with van der Waals surface area (Å²) in [6.45, 7) is 2.97. The smallest absolute Gasteiger partial charge is 0.123 e. The molecule has 1 fully saturated rings. The highest BCUT2D eigenvalue weighted by Gasteiger charge is 2.19. The van der Waals surface area contributed by atoms with Gasteiger partial charge < -0.3 is 10.2 Å². The Hall–Kier alpha value is -2.66. The van der Waals surface area contributed by atoms with Crippen LogP contribution in [-0.2, 0) is 13.6 Å². The molecule has 0 unspecified atom stereocenters. The fourth-order valence-corrected chi connectivity index (χ4v) is 3.70. The summed E-state index contributed by atoms with van der Waals surface area (Å²) in [5, 5.41) is 7.86. The Labute approximate surface area is 159 Å². The lowest BCUT2D eigenvalue weighted by atomic mass is 10.0. The van der Waals surface area contributed by atoms with Gasteiger partial charge in [0.15, 0.2) is 0 Å². The zero-order valence-electron chi connectivity index (χ0n) is 15.6. The molecule has 1 aliphatic rings. The van der Waals surface area contributed by atoms with E-state index in [2.05, 4.69) is 45.8 Å². The Morgan fingerprint density at radius 2 is 1.85 bits per heavy atom. The number of halogens is 1. The number of nitrogens with zero attached hydrogens (tertiary/aromatic N) is 3. The first kappa shape index (κ1) is 17.7. The van der Waals surface area contributed by atoms with Crippen molar-refractivity contribution >= 4 is 5.69 Å². The summed E-state index contributed by atoms with van der Waals surface area (Å²) in [4.78, 5) is 2.43. The minimum absolute atomic E-state index is 0.197. The zero-order valence-corrected chi connectivity index (χ0v) is 15.6. The monoisotopic (exact) mass is 364 g/mol. The van der Waals surface area contributed by atoms with Gasteiger partial charge in [0, 0.05) is 50.2 Å². The average molecular weight is 364 g/mol. The Balaban J connectivity index is 1.31. The predicted octanol–water partition coefficient (Wildman–Crippen LogP) is 3.98. The van der Waals surface area contributed by atoms with E-state index >= 15 is 0 Å². The number of rotatable bonds is 5. The fraction of sp³-hybridized carbons (Fsp3) is 0.318. The summed E-state index contributed by atoms with van der Waals surface area (Å²) in [6.07, 6.45) is 6.24. The van der Waals surface area contributed by atoms with Gasteiger partial charge in [-0.05, 0) is 48.2 Å². The average Bonchev–Trinajstić information content (AvgIpc) is 3.12. The Morgan fingerprint density at radius 1 is 1.07 bits per heavy atom. The molecule has 3 aromatic rings. The number of hydrogen-bond acceptors (Lipinski definition) is 3. The molecule has 0 bridgehead atoms. The molecular weight excluding hydrogens is 339 g/mol. The number of benzene rings is 2. The van der Waals surface area contributed by atoms with Crippen molar-refractivity contribution in [2.45, 2.75) is 25.4 Å². The van der Waals surface area contributed by atoms with Crippen molar-refractivity contribution in [2.24, 2.45) is 7.05 Å². The van der Waals surface area contributed by atoms with Crippen molar-refractivity contribution in [3.63, 3.8) is 0 Å². The molecule has 140 valence electrons. The summed E-state index contributed by atoms with van der Waals surface area (Å²) in [5.41, 5.74) is 4.43. The van der Waals surface area contributed by atoms with E-state index in [-0.39, 0.29) is 5.82 Å². The summed E-state index contributed by atoms with van der Waals surface area (Å²) in [5.74, 6) is -0.197. The second kappa shape index (κ2) is 7.92. The molecule has 5 heteroatoms. The lowest BCUT2D eigenvalue weighted by Crippen LogP contribution is -2.42. The highest BCUT2D eigenvalue weighted by atomic mass is 19.1. The first-order valence-corrected chi connectivity index (χ1v) is 9.49. The standard InChI is InChI=1S/C22H25FN4/c1-26-16-17(15-25-26)14-24-21-9-11-27(12-10-21)22-7-5-18(6-8-22)19-3-2-4-20(23)13-19/h2-8,13,15-16,21,24H,9-12,14H2,1H3. The molecule has 1 aromatic heterocycles. The second-order valence-electron chi connectivity index (χ2n) is 7.22. The van der Waals surface area contributed by atoms with E-state index in [1.165, 1.54) is 17.3 Å². The van der Waals surface area contributed by atoms with E-state index in [4.69, 9.17) is 0 Å². The third-order valence-electron chi connectivity index (χ3n) is 5.24. The third-order valence-corrected chi connectivity index (χ3v) is 5.24. The predicted molar refractivity (Wildman–Crippen MR) is 107 cm³/mol. The van der Waals surface area contributed by atoms with Crippen LogP contribution in [0.5, 0.6) is 0 Å². The van der Waals surface area contributed by atoms with Crippen molar-refractivity contribution in [2.75, 3.05) is 18.0 Å². The minimum Gasteiger partial charge on any atom is -0.371 e. The van der Waals surface area contributed by atoms with Crippen LogP contribution in [0.2, 0.25) is 0 Å². The molecule has 4 nitrogen and oxygen atoms in total. The summed E-state index contributed by atoms with van der Waals surface area (Å²) < 4.78 is 15.3. The molecule has 4 rings (SSSR count). The maximum atomic E-state index is 13.4. The number of anilines is 1. The first-order chi connectivity index (χ1) is 13.2. The van der Waals surface area contributed by atoms with Crippen LogP contribution in [0.15, 0.2) is 60.9 Å². The maximum Gasteiger partial charge on any atom is 0.123 e. The SMILES string of the molecule is Cn1cc(CNC2CCN(c3ccc(-c4cccc(F)c4)cc3)CC2)cn1. The van der Waals surface area contributed by atoms with Crippen LogP contribution < -0.4 is 10.2 Å². The zero-order chi connectivity index (χ0) is 18.6. The number of aromatic nitrogens is 2. The Morgan fingerprint density at radius 3 is 2.52 bits per heavy atom. The van der Waals surface area contributed by atoms with E-state index in [0.717, 1.165) is 43.6 Å². The highest BCUT2D eigenvalue weighted by molar-refractivity contribution is 5.66. The van der Waals surface area contributed by atoms with Crippen molar-refractivity contribution in [1.29, 1.82) is 0 Å². The van der Waals surface area contributed by atoms with Crippen molar-refractivity contribution in [3.05, 3.63) is 72.3 Å². The topological polar surface area (TPSA) is 33.1 Å². The molecule has 2 aromatic carbocycles. The van der Waals surface area contributed by atoms with Crippen LogP contribution in [0.3, 0.4) is 0 Å². The van der Waals surface area contributed by atoms with E-state index < -0.39 is 0 Å². The van der Waals surface area contributed by atoms with Gasteiger partial charge in [-0.3, -0.25) is 4.68 Å². The van der Waals surface area contributed by atoms with Crippen LogP contribution in [0.4, 0.5) is 10.1 Å². The fourth-order valence-electron chi connectivity index (χ4n) is 3.70. The Kier molecular flexibility index (Phi) is 5.21. The molecule has 0 amide bonds. The van der Waals surface area contributed by atoms with Gasteiger partial charge >= 0.3 is 0 Å². The normalized spacial score (nSPS) is 15.3. The number of aryl methyl sites for hydroxylation is 1. The largest absolute Gasteiger partial charge is 0.371 e. The molecule has 2 heterocycles. The van der Waals surface area contributed by atoms with Crippen molar-refractivity contribution in [3.8, 4) is 11.1 Å². The van der Waals surface area contributed by atoms with Crippen LogP contribution in [0, 0.1) is 5.82 Å². The molecule has 1 aliphatic heterocycles. The van der Waals surface area contributed by atoms with E-state index in [1.54, 1.807) is 12.1 Å². The van der Waals surface area contributed by atoms with Crippen LogP contribution in [0.1, 0.15) is 18.4 Å². The lowest BCUT2D eigenvalue weighted by Gasteiger charge is -2.34. The van der Waals surface area contributed by atoms with Crippen LogP contribution in [-0.4, -0.2) is 28.9 Å².